The molecule has 0 bridgehead atoms. The maximum atomic E-state index is 11.2. The van der Waals surface area contributed by atoms with Crippen molar-refractivity contribution in [2.24, 2.45) is 11.6 Å². The molecule has 0 fully saturated rings. The van der Waals surface area contributed by atoms with Crippen molar-refractivity contribution in [2.45, 2.75) is 19.3 Å². The summed E-state index contributed by atoms with van der Waals surface area (Å²) in [6, 6.07) is 4.76. The zero-order chi connectivity index (χ0) is 15.0. The molecular weight excluding hydrogens is 262 g/mol. The third-order valence-corrected chi connectivity index (χ3v) is 2.63. The second-order valence-electron chi connectivity index (χ2n) is 4.13. The number of carbonyl (C=O) groups excluding carboxylic acids is 2. The molecular formula is C13H19N3O4. The number of rotatable bonds is 8. The summed E-state index contributed by atoms with van der Waals surface area (Å²) in [5, 5.41) is 0. The van der Waals surface area contributed by atoms with Crippen LogP contribution in [0.5, 0.6) is 11.5 Å². The van der Waals surface area contributed by atoms with Gasteiger partial charge >= 0.3 is 0 Å². The van der Waals surface area contributed by atoms with Crippen LogP contribution in [0.15, 0.2) is 18.2 Å². The Kier molecular flexibility index (Phi) is 6.31. The molecule has 2 amide bonds. The summed E-state index contributed by atoms with van der Waals surface area (Å²) in [5.41, 5.74) is 7.61. The molecule has 0 saturated heterocycles. The summed E-state index contributed by atoms with van der Waals surface area (Å²) in [5.74, 6) is 5.21. The smallest absolute Gasteiger partial charge is 0.248 e. The lowest BCUT2D eigenvalue weighted by molar-refractivity contribution is -0.121. The van der Waals surface area contributed by atoms with Gasteiger partial charge in [0.1, 0.15) is 11.5 Å². The minimum absolute atomic E-state index is 0.206. The van der Waals surface area contributed by atoms with Gasteiger partial charge in [-0.15, -0.1) is 0 Å². The number of methoxy groups -OCH3 is 1. The van der Waals surface area contributed by atoms with Crippen molar-refractivity contribution in [1.29, 1.82) is 0 Å². The number of nitrogens with one attached hydrogen (secondary N) is 1. The Morgan fingerprint density at radius 1 is 1.20 bits per heavy atom. The Balaban J connectivity index is 2.49. The fourth-order valence-electron chi connectivity index (χ4n) is 1.56. The van der Waals surface area contributed by atoms with Gasteiger partial charge in [-0.1, -0.05) is 0 Å². The molecule has 0 aliphatic carbocycles. The molecule has 20 heavy (non-hydrogen) atoms. The maximum Gasteiger partial charge on any atom is 0.248 e. The highest BCUT2D eigenvalue weighted by Gasteiger charge is 2.07. The number of hydrogen-bond donors (Lipinski definition) is 3. The van der Waals surface area contributed by atoms with E-state index in [-0.39, 0.29) is 5.91 Å². The Hall–Kier alpha value is -2.28. The van der Waals surface area contributed by atoms with Gasteiger partial charge in [0.05, 0.1) is 13.7 Å². The standard InChI is InChI=1S/C13H19N3O4/c1-19-10-6-9(13(14)18)7-11(8-10)20-5-3-2-4-12(17)16-15/h6-8H,2-5,15H2,1H3,(H2,14,18)(H,16,17). The highest BCUT2D eigenvalue weighted by atomic mass is 16.5. The summed E-state index contributed by atoms with van der Waals surface area (Å²) in [7, 11) is 1.50. The van der Waals surface area contributed by atoms with Gasteiger partial charge in [-0.3, -0.25) is 15.0 Å². The normalized spacial score (nSPS) is 9.90. The summed E-state index contributed by atoms with van der Waals surface area (Å²) < 4.78 is 10.6. The lowest BCUT2D eigenvalue weighted by Crippen LogP contribution is -2.29. The molecule has 0 radical (unpaired) electrons. The van der Waals surface area contributed by atoms with Crippen LogP contribution in [0.4, 0.5) is 0 Å². The van der Waals surface area contributed by atoms with Gasteiger partial charge in [-0.2, -0.15) is 0 Å². The van der Waals surface area contributed by atoms with Crippen LogP contribution in [0.1, 0.15) is 29.6 Å². The highest BCUT2D eigenvalue weighted by Crippen LogP contribution is 2.22. The highest BCUT2D eigenvalue weighted by molar-refractivity contribution is 5.93. The van der Waals surface area contributed by atoms with Crippen LogP contribution < -0.4 is 26.5 Å². The summed E-state index contributed by atoms with van der Waals surface area (Å²) in [6.07, 6.45) is 1.71. The molecule has 1 aromatic rings. The molecule has 0 spiro atoms. The van der Waals surface area contributed by atoms with Crippen LogP contribution in [0.25, 0.3) is 0 Å². The quantitative estimate of drug-likeness (QED) is 0.275. The molecule has 7 nitrogen and oxygen atoms in total. The van der Waals surface area contributed by atoms with E-state index in [0.29, 0.717) is 42.9 Å². The van der Waals surface area contributed by atoms with Crippen molar-refractivity contribution < 1.29 is 19.1 Å². The average molecular weight is 281 g/mol. The predicted molar refractivity (Wildman–Crippen MR) is 73.2 cm³/mol. The van der Waals surface area contributed by atoms with Crippen molar-refractivity contribution in [3.05, 3.63) is 23.8 Å². The SMILES string of the molecule is COc1cc(OCCCCC(=O)NN)cc(C(N)=O)c1. The second kappa shape index (κ2) is 8.00. The van der Waals surface area contributed by atoms with Gasteiger partial charge in [0, 0.05) is 18.1 Å². The molecule has 1 rings (SSSR count). The van der Waals surface area contributed by atoms with Crippen LogP contribution in [0, 0.1) is 0 Å². The lowest BCUT2D eigenvalue weighted by atomic mass is 10.2. The molecule has 110 valence electrons. The second-order valence-corrected chi connectivity index (χ2v) is 4.13. The van der Waals surface area contributed by atoms with Crippen molar-refractivity contribution in [3.63, 3.8) is 0 Å². The minimum atomic E-state index is -0.548. The van der Waals surface area contributed by atoms with Crippen LogP contribution in [0.3, 0.4) is 0 Å². The van der Waals surface area contributed by atoms with Crippen LogP contribution in [-0.2, 0) is 4.79 Å². The number of amides is 2. The van der Waals surface area contributed by atoms with E-state index in [0.717, 1.165) is 0 Å². The summed E-state index contributed by atoms with van der Waals surface area (Å²) >= 11 is 0. The molecule has 0 aliphatic rings. The van der Waals surface area contributed by atoms with Gasteiger partial charge in [-0.25, -0.2) is 5.84 Å². The fourth-order valence-corrected chi connectivity index (χ4v) is 1.56. The zero-order valence-electron chi connectivity index (χ0n) is 11.3. The summed E-state index contributed by atoms with van der Waals surface area (Å²) in [4.78, 5) is 22.1. The molecule has 1 aromatic carbocycles. The van der Waals surface area contributed by atoms with Crippen molar-refractivity contribution in [1.82, 2.24) is 5.43 Å². The van der Waals surface area contributed by atoms with E-state index in [2.05, 4.69) is 5.43 Å². The third kappa shape index (κ3) is 5.15. The molecule has 5 N–H and O–H groups in total. The lowest BCUT2D eigenvalue weighted by Gasteiger charge is -2.09. The first kappa shape index (κ1) is 15.8. The summed E-state index contributed by atoms with van der Waals surface area (Å²) in [6.45, 7) is 0.420. The van der Waals surface area contributed by atoms with Crippen molar-refractivity contribution in [3.8, 4) is 11.5 Å². The van der Waals surface area contributed by atoms with Gasteiger partial charge in [0.2, 0.25) is 11.8 Å². The Labute approximate surface area is 117 Å². The Morgan fingerprint density at radius 2 is 1.90 bits per heavy atom. The predicted octanol–water partition coefficient (Wildman–Crippen LogP) is 0.333. The fraction of sp³-hybridized carbons (Fsp3) is 0.385. The van der Waals surface area contributed by atoms with E-state index in [1.165, 1.54) is 7.11 Å². The number of nitrogens with two attached hydrogens (primary N) is 2. The Morgan fingerprint density at radius 3 is 2.50 bits per heavy atom. The number of ether oxygens (including phenoxy) is 2. The largest absolute Gasteiger partial charge is 0.497 e. The topological polar surface area (TPSA) is 117 Å². The van der Waals surface area contributed by atoms with E-state index in [9.17, 15) is 9.59 Å². The zero-order valence-corrected chi connectivity index (χ0v) is 11.3. The van der Waals surface area contributed by atoms with Gasteiger partial charge in [-0.05, 0) is 25.0 Å². The number of hydrogen-bond acceptors (Lipinski definition) is 5. The van der Waals surface area contributed by atoms with Gasteiger partial charge < -0.3 is 15.2 Å². The number of primary amides is 1. The van der Waals surface area contributed by atoms with E-state index in [1.807, 2.05) is 0 Å². The first-order chi connectivity index (χ1) is 9.56. The first-order valence-corrected chi connectivity index (χ1v) is 6.18. The molecule has 0 heterocycles. The Bertz CT molecular complexity index is 477. The van der Waals surface area contributed by atoms with E-state index in [1.54, 1.807) is 18.2 Å². The van der Waals surface area contributed by atoms with E-state index < -0.39 is 5.91 Å². The van der Waals surface area contributed by atoms with Crippen LogP contribution in [-0.4, -0.2) is 25.5 Å². The number of carbonyl (C=O) groups is 2. The van der Waals surface area contributed by atoms with Gasteiger partial charge in [0.25, 0.3) is 0 Å². The average Bonchev–Trinajstić information content (AvgIpc) is 2.46. The number of unbranched alkanes of at least 4 members (excludes halogenated alkanes) is 1. The number of benzene rings is 1. The van der Waals surface area contributed by atoms with Crippen LogP contribution >= 0.6 is 0 Å². The van der Waals surface area contributed by atoms with Crippen molar-refractivity contribution >= 4 is 11.8 Å². The maximum absolute atomic E-state index is 11.2. The monoisotopic (exact) mass is 281 g/mol. The molecule has 0 aromatic heterocycles. The van der Waals surface area contributed by atoms with Crippen LogP contribution in [0.2, 0.25) is 0 Å². The van der Waals surface area contributed by atoms with E-state index >= 15 is 0 Å². The number of hydrazine groups is 1. The van der Waals surface area contributed by atoms with E-state index in [4.69, 9.17) is 21.1 Å². The van der Waals surface area contributed by atoms with Crippen molar-refractivity contribution in [2.75, 3.05) is 13.7 Å². The molecule has 7 heteroatoms. The molecule has 0 atom stereocenters. The molecule has 0 unspecified atom stereocenters. The first-order valence-electron chi connectivity index (χ1n) is 6.18. The third-order valence-electron chi connectivity index (χ3n) is 2.63. The van der Waals surface area contributed by atoms with Gasteiger partial charge in [0.15, 0.2) is 0 Å². The minimum Gasteiger partial charge on any atom is -0.497 e. The molecule has 0 saturated carbocycles. The molecule has 0 aliphatic heterocycles.